The quantitative estimate of drug-likeness (QED) is 0.553. The normalized spacial score (nSPS) is 10.3. The number of rotatable bonds is 9. The van der Waals surface area contributed by atoms with E-state index in [0.717, 1.165) is 19.6 Å². The van der Waals surface area contributed by atoms with Crippen molar-refractivity contribution in [2.45, 2.75) is 46.0 Å². The standard InChI is InChI=1S/C12H25NO2/c1-4-6-7-8-10-15-11-9-12(14)13(3)5-2/h4-11H2,1-3H3. The molecule has 0 atom stereocenters. The van der Waals surface area contributed by atoms with Gasteiger partial charge in [0.1, 0.15) is 0 Å². The Bertz CT molecular complexity index is 160. The molecule has 0 unspecified atom stereocenters. The zero-order valence-electron chi connectivity index (χ0n) is 10.4. The molecular formula is C12H25NO2. The molecule has 90 valence electrons. The van der Waals surface area contributed by atoms with Crippen LogP contribution in [0.2, 0.25) is 0 Å². The summed E-state index contributed by atoms with van der Waals surface area (Å²) in [5.41, 5.74) is 0. The summed E-state index contributed by atoms with van der Waals surface area (Å²) in [5, 5.41) is 0. The fourth-order valence-electron chi connectivity index (χ4n) is 1.26. The van der Waals surface area contributed by atoms with E-state index in [1.165, 1.54) is 19.3 Å². The first kappa shape index (κ1) is 14.4. The molecule has 15 heavy (non-hydrogen) atoms. The summed E-state index contributed by atoms with van der Waals surface area (Å²) in [6.07, 6.45) is 5.39. The molecule has 0 heterocycles. The number of unbranched alkanes of at least 4 members (excludes halogenated alkanes) is 3. The maximum Gasteiger partial charge on any atom is 0.224 e. The van der Waals surface area contributed by atoms with E-state index in [1.54, 1.807) is 4.90 Å². The molecule has 3 heteroatoms. The third kappa shape index (κ3) is 8.43. The van der Waals surface area contributed by atoms with Gasteiger partial charge in [0.05, 0.1) is 13.0 Å². The lowest BCUT2D eigenvalue weighted by atomic mass is 10.2. The molecule has 0 saturated heterocycles. The van der Waals surface area contributed by atoms with Crippen LogP contribution < -0.4 is 0 Å². The summed E-state index contributed by atoms with van der Waals surface area (Å²) < 4.78 is 5.40. The van der Waals surface area contributed by atoms with Crippen LogP contribution in [-0.2, 0) is 9.53 Å². The minimum atomic E-state index is 0.172. The first-order chi connectivity index (χ1) is 7.22. The van der Waals surface area contributed by atoms with Crippen molar-refractivity contribution in [2.24, 2.45) is 0 Å². The number of nitrogens with zero attached hydrogens (tertiary/aromatic N) is 1. The van der Waals surface area contributed by atoms with Crippen molar-refractivity contribution in [3.8, 4) is 0 Å². The monoisotopic (exact) mass is 215 g/mol. The molecule has 0 radical (unpaired) electrons. The highest BCUT2D eigenvalue weighted by Gasteiger charge is 2.05. The van der Waals surface area contributed by atoms with E-state index in [0.29, 0.717) is 13.0 Å². The Kier molecular flexibility index (Phi) is 9.59. The van der Waals surface area contributed by atoms with Crippen molar-refractivity contribution in [3.05, 3.63) is 0 Å². The predicted molar refractivity (Wildman–Crippen MR) is 62.9 cm³/mol. The van der Waals surface area contributed by atoms with Crippen molar-refractivity contribution < 1.29 is 9.53 Å². The van der Waals surface area contributed by atoms with Crippen LogP contribution >= 0.6 is 0 Å². The maximum absolute atomic E-state index is 11.4. The Morgan fingerprint density at radius 3 is 2.47 bits per heavy atom. The molecule has 0 N–H and O–H groups in total. The largest absolute Gasteiger partial charge is 0.381 e. The lowest BCUT2D eigenvalue weighted by Crippen LogP contribution is -2.27. The molecule has 0 saturated carbocycles. The van der Waals surface area contributed by atoms with Gasteiger partial charge in [0.2, 0.25) is 5.91 Å². The molecule has 0 aromatic heterocycles. The highest BCUT2D eigenvalue weighted by molar-refractivity contribution is 5.75. The minimum absolute atomic E-state index is 0.172. The van der Waals surface area contributed by atoms with Gasteiger partial charge >= 0.3 is 0 Å². The van der Waals surface area contributed by atoms with Crippen LogP contribution in [0.5, 0.6) is 0 Å². The van der Waals surface area contributed by atoms with Gasteiger partial charge in [-0.2, -0.15) is 0 Å². The number of hydrogen-bond acceptors (Lipinski definition) is 2. The number of ether oxygens (including phenoxy) is 1. The Labute approximate surface area is 93.8 Å². The highest BCUT2D eigenvalue weighted by atomic mass is 16.5. The molecule has 3 nitrogen and oxygen atoms in total. The van der Waals surface area contributed by atoms with Gasteiger partial charge in [0, 0.05) is 20.2 Å². The zero-order chi connectivity index (χ0) is 11.5. The molecule has 0 rings (SSSR count). The summed E-state index contributed by atoms with van der Waals surface area (Å²) in [7, 11) is 1.82. The van der Waals surface area contributed by atoms with Crippen LogP contribution in [0.15, 0.2) is 0 Å². The number of hydrogen-bond donors (Lipinski definition) is 0. The van der Waals surface area contributed by atoms with Gasteiger partial charge in [-0.1, -0.05) is 26.2 Å². The van der Waals surface area contributed by atoms with E-state index in [-0.39, 0.29) is 5.91 Å². The van der Waals surface area contributed by atoms with E-state index in [2.05, 4.69) is 6.92 Å². The Morgan fingerprint density at radius 1 is 1.13 bits per heavy atom. The smallest absolute Gasteiger partial charge is 0.224 e. The minimum Gasteiger partial charge on any atom is -0.381 e. The number of carbonyl (C=O) groups excluding carboxylic acids is 1. The van der Waals surface area contributed by atoms with Gasteiger partial charge in [0.25, 0.3) is 0 Å². The maximum atomic E-state index is 11.4. The zero-order valence-corrected chi connectivity index (χ0v) is 10.4. The molecule has 0 aromatic carbocycles. The highest BCUT2D eigenvalue weighted by Crippen LogP contribution is 1.99. The van der Waals surface area contributed by atoms with Gasteiger partial charge in [-0.05, 0) is 13.3 Å². The van der Waals surface area contributed by atoms with E-state index in [4.69, 9.17) is 4.74 Å². The molecule has 0 aliphatic carbocycles. The second kappa shape index (κ2) is 9.97. The lowest BCUT2D eigenvalue weighted by molar-refractivity contribution is -0.130. The molecule has 0 fully saturated rings. The Morgan fingerprint density at radius 2 is 1.87 bits per heavy atom. The van der Waals surface area contributed by atoms with E-state index in [1.807, 2.05) is 14.0 Å². The number of amides is 1. The van der Waals surface area contributed by atoms with Gasteiger partial charge in [-0.3, -0.25) is 4.79 Å². The predicted octanol–water partition coefficient (Wildman–Crippen LogP) is 2.45. The second-order valence-electron chi connectivity index (χ2n) is 3.83. The Hall–Kier alpha value is -0.570. The third-order valence-corrected chi connectivity index (χ3v) is 2.50. The number of carbonyl (C=O) groups is 1. The van der Waals surface area contributed by atoms with Crippen molar-refractivity contribution in [2.75, 3.05) is 26.8 Å². The van der Waals surface area contributed by atoms with Crippen LogP contribution in [-0.4, -0.2) is 37.6 Å². The van der Waals surface area contributed by atoms with Crippen LogP contribution in [0, 0.1) is 0 Å². The Balaban J connectivity index is 3.20. The van der Waals surface area contributed by atoms with E-state index < -0.39 is 0 Å². The molecule has 0 aliphatic rings. The third-order valence-electron chi connectivity index (χ3n) is 2.50. The second-order valence-corrected chi connectivity index (χ2v) is 3.83. The summed E-state index contributed by atoms with van der Waals surface area (Å²) in [4.78, 5) is 13.1. The van der Waals surface area contributed by atoms with Gasteiger partial charge < -0.3 is 9.64 Å². The summed E-state index contributed by atoms with van der Waals surface area (Å²) in [5.74, 6) is 0.172. The molecular weight excluding hydrogens is 190 g/mol. The fourth-order valence-corrected chi connectivity index (χ4v) is 1.26. The molecule has 0 bridgehead atoms. The van der Waals surface area contributed by atoms with Crippen LogP contribution in [0.3, 0.4) is 0 Å². The van der Waals surface area contributed by atoms with Gasteiger partial charge in [0.15, 0.2) is 0 Å². The van der Waals surface area contributed by atoms with Crippen molar-refractivity contribution >= 4 is 5.91 Å². The van der Waals surface area contributed by atoms with Gasteiger partial charge in [-0.25, -0.2) is 0 Å². The lowest BCUT2D eigenvalue weighted by Gasteiger charge is -2.14. The van der Waals surface area contributed by atoms with Crippen molar-refractivity contribution in [1.82, 2.24) is 4.90 Å². The average Bonchev–Trinajstić information content (AvgIpc) is 2.26. The first-order valence-corrected chi connectivity index (χ1v) is 6.04. The van der Waals surface area contributed by atoms with E-state index in [9.17, 15) is 4.79 Å². The van der Waals surface area contributed by atoms with Crippen LogP contribution in [0.1, 0.15) is 46.0 Å². The molecule has 0 spiro atoms. The molecule has 0 aromatic rings. The molecule has 1 amide bonds. The van der Waals surface area contributed by atoms with Crippen LogP contribution in [0.25, 0.3) is 0 Å². The topological polar surface area (TPSA) is 29.5 Å². The van der Waals surface area contributed by atoms with Gasteiger partial charge in [-0.15, -0.1) is 0 Å². The average molecular weight is 215 g/mol. The SMILES string of the molecule is CCCCCCOCCC(=O)N(C)CC. The summed E-state index contributed by atoms with van der Waals surface area (Å²) >= 11 is 0. The fraction of sp³-hybridized carbons (Fsp3) is 0.917. The first-order valence-electron chi connectivity index (χ1n) is 6.04. The van der Waals surface area contributed by atoms with Crippen LogP contribution in [0.4, 0.5) is 0 Å². The van der Waals surface area contributed by atoms with Crippen molar-refractivity contribution in [3.63, 3.8) is 0 Å². The van der Waals surface area contributed by atoms with Crippen molar-refractivity contribution in [1.29, 1.82) is 0 Å². The summed E-state index contributed by atoms with van der Waals surface area (Å²) in [6.45, 7) is 6.30. The van der Waals surface area contributed by atoms with E-state index >= 15 is 0 Å². The summed E-state index contributed by atoms with van der Waals surface area (Å²) in [6, 6.07) is 0. The molecule has 0 aliphatic heterocycles.